The molecule has 0 bridgehead atoms. The fraction of sp³-hybridized carbons (Fsp3) is 0.767. The maximum atomic E-state index is 13.3. The Morgan fingerprint density at radius 3 is 2.29 bits per heavy atom. The number of aliphatic hydroxyl groups excluding tert-OH is 3. The molecule has 4 saturated carbocycles. The number of rotatable bonds is 4. The van der Waals surface area contributed by atoms with Crippen molar-refractivity contribution in [3.63, 3.8) is 0 Å². The molecule has 0 saturated heterocycles. The van der Waals surface area contributed by atoms with Crippen LogP contribution in [0.5, 0.6) is 0 Å². The smallest absolute Gasteiger partial charge is 0.136 e. The minimum absolute atomic E-state index is 0.00434. The quantitative estimate of drug-likeness (QED) is 0.566. The third kappa shape index (κ3) is 3.71. The molecule has 4 nitrogen and oxygen atoms in total. The average Bonchev–Trinajstić information content (AvgIpc) is 3.17. The van der Waals surface area contributed by atoms with Crippen LogP contribution in [0, 0.1) is 53.3 Å². The van der Waals surface area contributed by atoms with Gasteiger partial charge in [-0.05, 0) is 97.9 Å². The van der Waals surface area contributed by atoms with Gasteiger partial charge in [0.1, 0.15) is 11.9 Å². The molecular formula is C30H44O4. The van der Waals surface area contributed by atoms with Crippen LogP contribution in [0.3, 0.4) is 0 Å². The van der Waals surface area contributed by atoms with Gasteiger partial charge in [0.2, 0.25) is 0 Å². The van der Waals surface area contributed by atoms with Gasteiger partial charge in [-0.3, -0.25) is 4.79 Å². The molecule has 34 heavy (non-hydrogen) atoms. The number of aryl methyl sites for hydroxylation is 1. The van der Waals surface area contributed by atoms with Crippen LogP contribution in [0.1, 0.15) is 89.4 Å². The van der Waals surface area contributed by atoms with E-state index in [2.05, 4.69) is 20.8 Å². The van der Waals surface area contributed by atoms with E-state index in [1.807, 2.05) is 31.2 Å². The van der Waals surface area contributed by atoms with Gasteiger partial charge >= 0.3 is 0 Å². The molecule has 0 unspecified atom stereocenters. The lowest BCUT2D eigenvalue weighted by atomic mass is 9.44. The minimum atomic E-state index is -0.876. The second-order valence-electron chi connectivity index (χ2n) is 13.0. The SMILES string of the molecule is Cc1ccc([C@@H](O)[C@H](O)[C@@H](C)[C@H]2CC[C@H]3[C@@H]4CC(=O)[C@H]5C[C@H](O)CC[C@]5(C)[C@H]4CC[C@]23C)cc1. The number of aliphatic hydroxyl groups is 3. The van der Waals surface area contributed by atoms with E-state index in [9.17, 15) is 20.1 Å². The van der Waals surface area contributed by atoms with Gasteiger partial charge < -0.3 is 15.3 Å². The number of benzene rings is 1. The Morgan fingerprint density at radius 2 is 1.59 bits per heavy atom. The number of hydrogen-bond donors (Lipinski definition) is 3. The van der Waals surface area contributed by atoms with Gasteiger partial charge in [0, 0.05) is 12.3 Å². The van der Waals surface area contributed by atoms with Crippen molar-refractivity contribution < 1.29 is 20.1 Å². The summed E-state index contributed by atoms with van der Waals surface area (Å²) in [7, 11) is 0. The van der Waals surface area contributed by atoms with Crippen molar-refractivity contribution >= 4 is 5.78 Å². The molecule has 0 amide bonds. The molecule has 4 heteroatoms. The van der Waals surface area contributed by atoms with Gasteiger partial charge in [-0.1, -0.05) is 50.6 Å². The molecular weight excluding hydrogens is 424 g/mol. The van der Waals surface area contributed by atoms with Crippen molar-refractivity contribution in [3.05, 3.63) is 35.4 Å². The van der Waals surface area contributed by atoms with Crippen LogP contribution < -0.4 is 0 Å². The first kappa shape index (κ1) is 24.5. The monoisotopic (exact) mass is 468 g/mol. The topological polar surface area (TPSA) is 77.8 Å². The summed E-state index contributed by atoms with van der Waals surface area (Å²) in [6.07, 6.45) is 5.61. The van der Waals surface area contributed by atoms with Gasteiger partial charge in [0.05, 0.1) is 12.2 Å². The van der Waals surface area contributed by atoms with Crippen molar-refractivity contribution in [1.29, 1.82) is 0 Å². The summed E-state index contributed by atoms with van der Waals surface area (Å²) in [5, 5.41) is 32.5. The van der Waals surface area contributed by atoms with E-state index in [-0.39, 0.29) is 28.8 Å². The molecule has 0 aliphatic heterocycles. The van der Waals surface area contributed by atoms with Crippen molar-refractivity contribution in [2.75, 3.05) is 0 Å². The van der Waals surface area contributed by atoms with Crippen LogP contribution >= 0.6 is 0 Å². The zero-order valence-corrected chi connectivity index (χ0v) is 21.4. The Bertz CT molecular complexity index is 911. The molecule has 0 heterocycles. The Hall–Kier alpha value is -1.23. The molecule has 4 fully saturated rings. The summed E-state index contributed by atoms with van der Waals surface area (Å²) in [4.78, 5) is 13.3. The number of hydrogen-bond acceptors (Lipinski definition) is 4. The molecule has 0 aromatic heterocycles. The Labute approximate surface area is 205 Å². The summed E-state index contributed by atoms with van der Waals surface area (Å²) < 4.78 is 0. The van der Waals surface area contributed by atoms with Gasteiger partial charge in [-0.25, -0.2) is 0 Å². The third-order valence-corrected chi connectivity index (χ3v) is 11.4. The first-order valence-electron chi connectivity index (χ1n) is 13.7. The lowest BCUT2D eigenvalue weighted by Crippen LogP contribution is -2.57. The largest absolute Gasteiger partial charge is 0.393 e. The standard InChI is InChI=1S/C30H44O4/c1-17-5-7-19(8-6-17)28(34)27(33)18(2)22-9-10-23-21-16-26(32)25-15-20(31)11-13-30(25,4)24(21)12-14-29(22,23)3/h5-8,18,20-25,27-28,31,33-34H,9-16H2,1-4H3/t18-,20+,21-,22+,23-,24-,25+,27+,28+,29+,30+/m0/s1. The summed E-state index contributed by atoms with van der Waals surface area (Å²) in [6.45, 7) is 8.91. The minimum Gasteiger partial charge on any atom is -0.393 e. The van der Waals surface area contributed by atoms with E-state index in [4.69, 9.17) is 0 Å². The predicted octanol–water partition coefficient (Wildman–Crippen LogP) is 5.22. The normalized spacial score (nSPS) is 44.5. The maximum absolute atomic E-state index is 13.3. The van der Waals surface area contributed by atoms with E-state index < -0.39 is 12.2 Å². The zero-order valence-electron chi connectivity index (χ0n) is 21.4. The lowest BCUT2D eigenvalue weighted by Gasteiger charge is -2.60. The molecule has 4 aliphatic rings. The van der Waals surface area contributed by atoms with E-state index in [1.54, 1.807) is 0 Å². The van der Waals surface area contributed by atoms with Crippen molar-refractivity contribution in [2.45, 2.75) is 97.4 Å². The molecule has 188 valence electrons. The number of fused-ring (bicyclic) bond motifs is 5. The molecule has 5 rings (SSSR count). The van der Waals surface area contributed by atoms with E-state index in [0.717, 1.165) is 49.7 Å². The fourth-order valence-electron chi connectivity index (χ4n) is 9.41. The highest BCUT2D eigenvalue weighted by Crippen LogP contribution is 2.68. The molecule has 1 aromatic rings. The summed E-state index contributed by atoms with van der Waals surface area (Å²) in [6, 6.07) is 7.82. The Kier molecular flexibility index (Phi) is 6.27. The summed E-state index contributed by atoms with van der Waals surface area (Å²) in [5.41, 5.74) is 2.06. The molecule has 0 radical (unpaired) electrons. The predicted molar refractivity (Wildman–Crippen MR) is 133 cm³/mol. The van der Waals surface area contributed by atoms with Crippen LogP contribution in [0.15, 0.2) is 24.3 Å². The molecule has 1 aromatic carbocycles. The Morgan fingerprint density at radius 1 is 0.941 bits per heavy atom. The van der Waals surface area contributed by atoms with Crippen molar-refractivity contribution in [3.8, 4) is 0 Å². The van der Waals surface area contributed by atoms with Crippen molar-refractivity contribution in [2.24, 2.45) is 46.3 Å². The molecule has 4 aliphatic carbocycles. The van der Waals surface area contributed by atoms with Gasteiger partial charge in [0.15, 0.2) is 0 Å². The second-order valence-corrected chi connectivity index (χ2v) is 13.0. The van der Waals surface area contributed by atoms with Crippen molar-refractivity contribution in [1.82, 2.24) is 0 Å². The van der Waals surface area contributed by atoms with Gasteiger partial charge in [-0.15, -0.1) is 0 Å². The van der Waals surface area contributed by atoms with E-state index in [1.165, 1.54) is 0 Å². The third-order valence-electron chi connectivity index (χ3n) is 11.4. The molecule has 0 spiro atoms. The van der Waals surface area contributed by atoms with Crippen LogP contribution in [0.2, 0.25) is 0 Å². The highest BCUT2D eigenvalue weighted by atomic mass is 16.3. The summed E-state index contributed by atoms with van der Waals surface area (Å²) in [5.74, 6) is 2.27. The Balaban J connectivity index is 1.36. The second kappa shape index (κ2) is 8.71. The number of ketones is 1. The molecule has 3 N–H and O–H groups in total. The summed E-state index contributed by atoms with van der Waals surface area (Å²) >= 11 is 0. The highest BCUT2D eigenvalue weighted by molar-refractivity contribution is 5.83. The first-order chi connectivity index (χ1) is 16.1. The van der Waals surface area contributed by atoms with Crippen LogP contribution in [-0.4, -0.2) is 33.3 Å². The van der Waals surface area contributed by atoms with Crippen LogP contribution in [0.25, 0.3) is 0 Å². The van der Waals surface area contributed by atoms with Crippen LogP contribution in [-0.2, 0) is 4.79 Å². The lowest BCUT2D eigenvalue weighted by molar-refractivity contribution is -0.161. The maximum Gasteiger partial charge on any atom is 0.136 e. The number of Topliss-reactive ketones (excluding diaryl/α,β-unsaturated/α-hetero) is 1. The number of carbonyl (C=O) groups excluding carboxylic acids is 1. The van der Waals surface area contributed by atoms with E-state index in [0.29, 0.717) is 42.3 Å². The molecule has 11 atom stereocenters. The van der Waals surface area contributed by atoms with Crippen LogP contribution in [0.4, 0.5) is 0 Å². The zero-order chi connectivity index (χ0) is 24.4. The highest BCUT2D eigenvalue weighted by Gasteiger charge is 2.62. The van der Waals surface area contributed by atoms with Gasteiger partial charge in [0.25, 0.3) is 0 Å². The van der Waals surface area contributed by atoms with E-state index >= 15 is 0 Å². The number of carbonyl (C=O) groups is 1. The van der Waals surface area contributed by atoms with Gasteiger partial charge in [-0.2, -0.15) is 0 Å². The fourth-order valence-corrected chi connectivity index (χ4v) is 9.41. The first-order valence-corrected chi connectivity index (χ1v) is 13.7. The average molecular weight is 469 g/mol.